The van der Waals surface area contributed by atoms with Crippen LogP contribution < -0.4 is 14.8 Å². The van der Waals surface area contributed by atoms with Crippen molar-refractivity contribution in [3.63, 3.8) is 0 Å². The second-order valence-electron chi connectivity index (χ2n) is 5.38. The van der Waals surface area contributed by atoms with Crippen molar-refractivity contribution in [1.29, 1.82) is 0 Å². The molecule has 146 valence electrons. The van der Waals surface area contributed by atoms with Gasteiger partial charge in [0.25, 0.3) is 0 Å². The lowest BCUT2D eigenvalue weighted by Gasteiger charge is -2.13. The molecule has 1 aromatic heterocycles. The molecule has 0 atom stereocenters. The van der Waals surface area contributed by atoms with Gasteiger partial charge in [-0.05, 0) is 24.3 Å². The van der Waals surface area contributed by atoms with Crippen molar-refractivity contribution in [3.05, 3.63) is 46.7 Å². The van der Waals surface area contributed by atoms with Crippen molar-refractivity contribution in [2.45, 2.75) is 6.18 Å². The maximum Gasteiger partial charge on any atom is 0.491 e. The van der Waals surface area contributed by atoms with Gasteiger partial charge in [-0.15, -0.1) is 0 Å². The number of fused-ring (bicyclic) bond motifs is 1. The van der Waals surface area contributed by atoms with Gasteiger partial charge in [-0.3, -0.25) is 0 Å². The first-order valence-electron chi connectivity index (χ1n) is 7.53. The number of alkyl halides is 3. The van der Waals surface area contributed by atoms with Gasteiger partial charge >= 0.3 is 12.1 Å². The van der Waals surface area contributed by atoms with Crippen LogP contribution in [0.4, 0.5) is 24.7 Å². The highest BCUT2D eigenvalue weighted by Crippen LogP contribution is 2.36. The number of hydrogen-bond donors (Lipinski definition) is 1. The summed E-state index contributed by atoms with van der Waals surface area (Å²) in [7, 11) is 1.22. The molecular formula is C17H10Cl2F3N3O3. The first-order valence-corrected chi connectivity index (χ1v) is 8.28. The number of ether oxygens (including phenoxy) is 2. The zero-order valence-electron chi connectivity index (χ0n) is 14.0. The SMILES string of the molecule is COc1cc2c(Nc3ccc(Cl)c(Cl)c3)ncnc2cc1OC(=O)C(F)(F)F. The van der Waals surface area contributed by atoms with Crippen LogP contribution in [0.15, 0.2) is 36.7 Å². The van der Waals surface area contributed by atoms with Gasteiger partial charge in [0, 0.05) is 17.1 Å². The van der Waals surface area contributed by atoms with E-state index in [-0.39, 0.29) is 11.3 Å². The summed E-state index contributed by atoms with van der Waals surface area (Å²) in [4.78, 5) is 19.2. The summed E-state index contributed by atoms with van der Waals surface area (Å²) in [5, 5.41) is 4.12. The van der Waals surface area contributed by atoms with E-state index in [2.05, 4.69) is 20.0 Å². The minimum absolute atomic E-state index is 0.0999. The second-order valence-corrected chi connectivity index (χ2v) is 6.20. The van der Waals surface area contributed by atoms with E-state index in [4.69, 9.17) is 27.9 Å². The van der Waals surface area contributed by atoms with Gasteiger partial charge in [0.15, 0.2) is 11.5 Å². The molecule has 0 bridgehead atoms. The first-order chi connectivity index (χ1) is 13.2. The minimum atomic E-state index is -5.15. The van der Waals surface area contributed by atoms with Gasteiger partial charge in [0.1, 0.15) is 12.1 Å². The van der Waals surface area contributed by atoms with Gasteiger partial charge in [0.05, 0.1) is 22.7 Å². The Morgan fingerprint density at radius 2 is 1.82 bits per heavy atom. The summed E-state index contributed by atoms with van der Waals surface area (Å²) in [5.41, 5.74) is 0.796. The van der Waals surface area contributed by atoms with Crippen LogP contribution in [0, 0.1) is 0 Å². The molecule has 1 N–H and O–H groups in total. The number of methoxy groups -OCH3 is 1. The predicted octanol–water partition coefficient (Wildman–Crippen LogP) is 5.16. The first kappa shape index (κ1) is 20.0. The number of nitrogens with zero attached hydrogens (tertiary/aromatic N) is 2. The molecule has 0 spiro atoms. The second kappa shape index (κ2) is 7.69. The zero-order valence-corrected chi connectivity index (χ0v) is 15.5. The Morgan fingerprint density at radius 1 is 1.07 bits per heavy atom. The molecule has 11 heteroatoms. The smallest absolute Gasteiger partial charge is 0.491 e. The molecule has 3 aromatic rings. The zero-order chi connectivity index (χ0) is 20.5. The van der Waals surface area contributed by atoms with E-state index in [1.165, 1.54) is 19.5 Å². The number of hydrogen-bond acceptors (Lipinski definition) is 6. The van der Waals surface area contributed by atoms with E-state index in [9.17, 15) is 18.0 Å². The van der Waals surface area contributed by atoms with Crippen molar-refractivity contribution >= 4 is 51.6 Å². The molecule has 0 aliphatic rings. The molecule has 28 heavy (non-hydrogen) atoms. The summed E-state index contributed by atoms with van der Waals surface area (Å²) in [6.45, 7) is 0. The Labute approximate surface area is 166 Å². The molecule has 0 aliphatic carbocycles. The third kappa shape index (κ3) is 4.20. The fourth-order valence-corrected chi connectivity index (χ4v) is 2.57. The monoisotopic (exact) mass is 431 g/mol. The van der Waals surface area contributed by atoms with Crippen LogP contribution >= 0.6 is 23.2 Å². The average Bonchev–Trinajstić information content (AvgIpc) is 2.63. The highest BCUT2D eigenvalue weighted by atomic mass is 35.5. The molecule has 0 fully saturated rings. The molecule has 0 aliphatic heterocycles. The predicted molar refractivity (Wildman–Crippen MR) is 97.5 cm³/mol. The fourth-order valence-electron chi connectivity index (χ4n) is 2.27. The normalized spacial score (nSPS) is 11.4. The van der Waals surface area contributed by atoms with E-state index in [0.29, 0.717) is 26.9 Å². The van der Waals surface area contributed by atoms with Crippen LogP contribution in [0.2, 0.25) is 10.0 Å². The van der Waals surface area contributed by atoms with Gasteiger partial charge in [0.2, 0.25) is 0 Å². The molecule has 6 nitrogen and oxygen atoms in total. The third-order valence-corrected chi connectivity index (χ3v) is 4.28. The highest BCUT2D eigenvalue weighted by molar-refractivity contribution is 6.42. The van der Waals surface area contributed by atoms with Crippen molar-refractivity contribution in [1.82, 2.24) is 9.97 Å². The maximum absolute atomic E-state index is 12.5. The quantitative estimate of drug-likeness (QED) is 0.454. The van der Waals surface area contributed by atoms with E-state index < -0.39 is 17.9 Å². The number of carbonyl (C=O) groups is 1. The third-order valence-electron chi connectivity index (χ3n) is 3.54. The van der Waals surface area contributed by atoms with Gasteiger partial charge in [-0.1, -0.05) is 23.2 Å². The Balaban J connectivity index is 2.02. The molecular weight excluding hydrogens is 422 g/mol. The van der Waals surface area contributed by atoms with Gasteiger partial charge in [-0.2, -0.15) is 13.2 Å². The van der Waals surface area contributed by atoms with Crippen molar-refractivity contribution in [2.24, 2.45) is 0 Å². The molecule has 3 rings (SSSR count). The summed E-state index contributed by atoms with van der Waals surface area (Å²) in [6, 6.07) is 7.34. The Kier molecular flexibility index (Phi) is 5.48. The lowest BCUT2D eigenvalue weighted by Crippen LogP contribution is -2.28. The lowest BCUT2D eigenvalue weighted by atomic mass is 10.2. The number of halogens is 5. The van der Waals surface area contributed by atoms with Crippen LogP contribution in [0.3, 0.4) is 0 Å². The molecule has 0 saturated heterocycles. The molecule has 2 aromatic carbocycles. The molecule has 0 saturated carbocycles. The van der Waals surface area contributed by atoms with Crippen LogP contribution in [0.1, 0.15) is 0 Å². The highest BCUT2D eigenvalue weighted by Gasteiger charge is 2.41. The largest absolute Gasteiger partial charge is 0.493 e. The average molecular weight is 432 g/mol. The Morgan fingerprint density at radius 3 is 2.46 bits per heavy atom. The van der Waals surface area contributed by atoms with E-state index in [1.54, 1.807) is 18.2 Å². The number of aromatic nitrogens is 2. The Hall–Kier alpha value is -2.78. The minimum Gasteiger partial charge on any atom is -0.493 e. The maximum atomic E-state index is 12.5. The van der Waals surface area contributed by atoms with Crippen LogP contribution in [-0.2, 0) is 4.79 Å². The number of carbonyl (C=O) groups excluding carboxylic acids is 1. The lowest BCUT2D eigenvalue weighted by molar-refractivity contribution is -0.189. The van der Waals surface area contributed by atoms with E-state index in [1.807, 2.05) is 0 Å². The van der Waals surface area contributed by atoms with Crippen LogP contribution in [0.25, 0.3) is 10.9 Å². The summed E-state index contributed by atoms with van der Waals surface area (Å²) in [6.07, 6.45) is -3.95. The summed E-state index contributed by atoms with van der Waals surface area (Å²) >= 11 is 11.9. The Bertz CT molecular complexity index is 1060. The molecule has 1 heterocycles. The van der Waals surface area contributed by atoms with E-state index >= 15 is 0 Å². The van der Waals surface area contributed by atoms with Gasteiger partial charge in [-0.25, -0.2) is 14.8 Å². The van der Waals surface area contributed by atoms with Crippen molar-refractivity contribution in [3.8, 4) is 11.5 Å². The number of esters is 1. The topological polar surface area (TPSA) is 73.3 Å². The molecule has 0 amide bonds. The number of nitrogens with one attached hydrogen (secondary N) is 1. The fraction of sp³-hybridized carbons (Fsp3) is 0.118. The molecule has 0 radical (unpaired) electrons. The standard InChI is InChI=1S/C17H10Cl2F3N3O3/c1-27-13-5-9-12(6-14(13)28-16(26)17(20,21)22)23-7-24-15(9)25-8-2-3-10(18)11(19)4-8/h2-7H,1H3,(H,23,24,25). The van der Waals surface area contributed by atoms with Crippen molar-refractivity contribution in [2.75, 3.05) is 12.4 Å². The van der Waals surface area contributed by atoms with Crippen LogP contribution in [0.5, 0.6) is 11.5 Å². The van der Waals surface area contributed by atoms with Crippen molar-refractivity contribution < 1.29 is 27.4 Å². The number of anilines is 2. The summed E-state index contributed by atoms with van der Waals surface area (Å²) < 4.78 is 46.9. The number of rotatable bonds is 4. The van der Waals surface area contributed by atoms with Gasteiger partial charge < -0.3 is 14.8 Å². The number of benzene rings is 2. The van der Waals surface area contributed by atoms with Crippen LogP contribution in [-0.4, -0.2) is 29.2 Å². The van der Waals surface area contributed by atoms with E-state index in [0.717, 1.165) is 6.07 Å². The molecule has 0 unspecified atom stereocenters. The summed E-state index contributed by atoms with van der Waals surface area (Å²) in [5.74, 6) is -2.56.